The van der Waals surface area contributed by atoms with E-state index in [0.717, 1.165) is 73.0 Å². The first-order chi connectivity index (χ1) is 14.2. The number of benzene rings is 2. The molecular weight excluding hydrogens is 365 g/mol. The number of halogens is 1. The van der Waals surface area contributed by atoms with Crippen molar-refractivity contribution in [3.63, 3.8) is 0 Å². The SMILES string of the molecule is CCc1nc2c(c(-c3ccc(OC)cc3)n1)CCN(Cc1ccc(F)cc1)CC2. The molecule has 150 valence electrons. The number of aryl methyl sites for hydroxylation is 1. The molecule has 0 saturated heterocycles. The summed E-state index contributed by atoms with van der Waals surface area (Å²) in [6.07, 6.45) is 2.62. The van der Waals surface area contributed by atoms with Crippen LogP contribution in [0, 0.1) is 5.82 Å². The van der Waals surface area contributed by atoms with Crippen LogP contribution in [0.5, 0.6) is 5.75 Å². The fourth-order valence-corrected chi connectivity index (χ4v) is 3.85. The smallest absolute Gasteiger partial charge is 0.129 e. The molecule has 2 aromatic carbocycles. The maximum atomic E-state index is 13.2. The normalized spacial score (nSPS) is 14.3. The number of rotatable bonds is 5. The molecule has 0 amide bonds. The zero-order chi connectivity index (χ0) is 20.2. The van der Waals surface area contributed by atoms with Crippen LogP contribution in [-0.2, 0) is 25.8 Å². The van der Waals surface area contributed by atoms with Gasteiger partial charge >= 0.3 is 0 Å². The van der Waals surface area contributed by atoms with Gasteiger partial charge in [-0.1, -0.05) is 19.1 Å². The Kier molecular flexibility index (Phi) is 5.86. The van der Waals surface area contributed by atoms with Crippen molar-refractivity contribution < 1.29 is 9.13 Å². The van der Waals surface area contributed by atoms with E-state index < -0.39 is 0 Å². The molecule has 4 nitrogen and oxygen atoms in total. The van der Waals surface area contributed by atoms with Gasteiger partial charge in [-0.2, -0.15) is 0 Å². The Morgan fingerprint density at radius 2 is 1.69 bits per heavy atom. The fourth-order valence-electron chi connectivity index (χ4n) is 3.85. The van der Waals surface area contributed by atoms with Crippen molar-refractivity contribution in [3.05, 3.63) is 77.0 Å². The van der Waals surface area contributed by atoms with Crippen molar-refractivity contribution in [1.29, 1.82) is 0 Å². The van der Waals surface area contributed by atoms with E-state index in [-0.39, 0.29) is 5.82 Å². The van der Waals surface area contributed by atoms with E-state index in [2.05, 4.69) is 24.0 Å². The summed E-state index contributed by atoms with van der Waals surface area (Å²) in [5, 5.41) is 0. The zero-order valence-electron chi connectivity index (χ0n) is 17.0. The van der Waals surface area contributed by atoms with E-state index in [9.17, 15) is 4.39 Å². The number of hydrogen-bond donors (Lipinski definition) is 0. The molecule has 0 bridgehead atoms. The van der Waals surface area contributed by atoms with Crippen LogP contribution >= 0.6 is 0 Å². The molecule has 0 aliphatic carbocycles. The van der Waals surface area contributed by atoms with Crippen LogP contribution < -0.4 is 4.74 Å². The largest absolute Gasteiger partial charge is 0.497 e. The second-order valence-electron chi connectivity index (χ2n) is 7.40. The molecule has 29 heavy (non-hydrogen) atoms. The lowest BCUT2D eigenvalue weighted by Crippen LogP contribution is -2.25. The Hall–Kier alpha value is -2.79. The Labute approximate surface area is 171 Å². The first-order valence-electron chi connectivity index (χ1n) is 10.2. The van der Waals surface area contributed by atoms with E-state index in [1.807, 2.05) is 24.3 Å². The van der Waals surface area contributed by atoms with Gasteiger partial charge in [0, 0.05) is 49.3 Å². The summed E-state index contributed by atoms with van der Waals surface area (Å²) in [6.45, 7) is 4.78. The van der Waals surface area contributed by atoms with Crippen LogP contribution in [-0.4, -0.2) is 35.1 Å². The minimum absolute atomic E-state index is 0.191. The molecule has 1 aliphatic rings. The Bertz CT molecular complexity index is 971. The van der Waals surface area contributed by atoms with Gasteiger partial charge in [0.2, 0.25) is 0 Å². The minimum Gasteiger partial charge on any atom is -0.497 e. The minimum atomic E-state index is -0.191. The summed E-state index contributed by atoms with van der Waals surface area (Å²) in [6, 6.07) is 14.9. The third-order valence-corrected chi connectivity index (χ3v) is 5.48. The quantitative estimate of drug-likeness (QED) is 0.644. The van der Waals surface area contributed by atoms with Crippen LogP contribution in [0.25, 0.3) is 11.3 Å². The van der Waals surface area contributed by atoms with Crippen LogP contribution in [0.15, 0.2) is 48.5 Å². The first kappa shape index (κ1) is 19.5. The van der Waals surface area contributed by atoms with Crippen molar-refractivity contribution in [1.82, 2.24) is 14.9 Å². The average molecular weight is 391 g/mol. The Balaban J connectivity index is 1.60. The topological polar surface area (TPSA) is 38.3 Å². The molecule has 0 fully saturated rings. The van der Waals surface area contributed by atoms with Crippen LogP contribution in [0.2, 0.25) is 0 Å². The van der Waals surface area contributed by atoms with Gasteiger partial charge in [0.25, 0.3) is 0 Å². The number of fused-ring (bicyclic) bond motifs is 1. The lowest BCUT2D eigenvalue weighted by Gasteiger charge is -2.19. The van der Waals surface area contributed by atoms with Gasteiger partial charge in [-0.3, -0.25) is 4.90 Å². The van der Waals surface area contributed by atoms with E-state index in [1.54, 1.807) is 7.11 Å². The molecule has 0 atom stereocenters. The van der Waals surface area contributed by atoms with E-state index in [1.165, 1.54) is 17.7 Å². The van der Waals surface area contributed by atoms with Gasteiger partial charge in [0.15, 0.2) is 0 Å². The summed E-state index contributed by atoms with van der Waals surface area (Å²) in [5.41, 5.74) is 5.68. The predicted molar refractivity (Wildman–Crippen MR) is 112 cm³/mol. The molecule has 5 heteroatoms. The van der Waals surface area contributed by atoms with Crippen molar-refractivity contribution >= 4 is 0 Å². The third kappa shape index (κ3) is 4.46. The molecule has 0 radical (unpaired) electrons. The maximum Gasteiger partial charge on any atom is 0.129 e. The standard InChI is InChI=1S/C24H26FN3O/c1-3-23-26-22-13-15-28(16-17-4-8-19(25)9-5-17)14-12-21(22)24(27-23)18-6-10-20(29-2)11-7-18/h4-11H,3,12-16H2,1-2H3. The highest BCUT2D eigenvalue weighted by Gasteiger charge is 2.21. The lowest BCUT2D eigenvalue weighted by molar-refractivity contribution is 0.279. The molecule has 1 aromatic heterocycles. The second kappa shape index (κ2) is 8.70. The highest BCUT2D eigenvalue weighted by molar-refractivity contribution is 5.65. The van der Waals surface area contributed by atoms with Gasteiger partial charge in [-0.25, -0.2) is 14.4 Å². The van der Waals surface area contributed by atoms with E-state index in [4.69, 9.17) is 14.7 Å². The van der Waals surface area contributed by atoms with Crippen molar-refractivity contribution in [2.45, 2.75) is 32.7 Å². The third-order valence-electron chi connectivity index (χ3n) is 5.48. The molecule has 1 aliphatic heterocycles. The average Bonchev–Trinajstić information content (AvgIpc) is 2.97. The summed E-state index contributed by atoms with van der Waals surface area (Å²) in [7, 11) is 1.68. The van der Waals surface area contributed by atoms with Crippen LogP contribution in [0.4, 0.5) is 4.39 Å². The van der Waals surface area contributed by atoms with Gasteiger partial charge in [-0.15, -0.1) is 0 Å². The molecular formula is C24H26FN3O. The van der Waals surface area contributed by atoms with E-state index in [0.29, 0.717) is 0 Å². The molecule has 0 N–H and O–H groups in total. The van der Waals surface area contributed by atoms with Crippen LogP contribution in [0.3, 0.4) is 0 Å². The van der Waals surface area contributed by atoms with Crippen molar-refractivity contribution in [2.75, 3.05) is 20.2 Å². The number of aromatic nitrogens is 2. The zero-order valence-corrected chi connectivity index (χ0v) is 17.0. The predicted octanol–water partition coefficient (Wildman–Crippen LogP) is 4.45. The molecule has 0 spiro atoms. The van der Waals surface area contributed by atoms with Gasteiger partial charge in [0.1, 0.15) is 17.4 Å². The fraction of sp³-hybridized carbons (Fsp3) is 0.333. The van der Waals surface area contributed by atoms with Gasteiger partial charge < -0.3 is 4.74 Å². The summed E-state index contributed by atoms with van der Waals surface area (Å²) >= 11 is 0. The number of ether oxygens (including phenoxy) is 1. The molecule has 0 saturated carbocycles. The molecule has 0 unspecified atom stereocenters. The van der Waals surface area contributed by atoms with E-state index >= 15 is 0 Å². The first-order valence-corrected chi connectivity index (χ1v) is 10.2. The van der Waals surface area contributed by atoms with Gasteiger partial charge in [-0.05, 0) is 48.4 Å². The van der Waals surface area contributed by atoms with Crippen molar-refractivity contribution in [3.8, 4) is 17.0 Å². The number of methoxy groups -OCH3 is 1. The molecule has 3 aromatic rings. The van der Waals surface area contributed by atoms with Crippen LogP contribution in [0.1, 0.15) is 29.6 Å². The maximum absolute atomic E-state index is 13.2. The number of nitrogens with zero attached hydrogens (tertiary/aromatic N) is 3. The summed E-state index contributed by atoms with van der Waals surface area (Å²) in [5.74, 6) is 1.54. The highest BCUT2D eigenvalue weighted by Crippen LogP contribution is 2.28. The van der Waals surface area contributed by atoms with Crippen molar-refractivity contribution in [2.24, 2.45) is 0 Å². The second-order valence-corrected chi connectivity index (χ2v) is 7.40. The van der Waals surface area contributed by atoms with Gasteiger partial charge in [0.05, 0.1) is 12.8 Å². The number of hydrogen-bond acceptors (Lipinski definition) is 4. The Morgan fingerprint density at radius 3 is 2.38 bits per heavy atom. The molecule has 4 rings (SSSR count). The molecule has 2 heterocycles. The summed E-state index contributed by atoms with van der Waals surface area (Å²) in [4.78, 5) is 12.1. The monoisotopic (exact) mass is 391 g/mol. The lowest BCUT2D eigenvalue weighted by atomic mass is 10.0. The summed E-state index contributed by atoms with van der Waals surface area (Å²) < 4.78 is 18.5. The highest BCUT2D eigenvalue weighted by atomic mass is 19.1. The Morgan fingerprint density at radius 1 is 0.966 bits per heavy atom.